The summed E-state index contributed by atoms with van der Waals surface area (Å²) in [4.78, 5) is 29.4. The molecule has 7 heteroatoms. The molecule has 21 heavy (non-hydrogen) atoms. The van der Waals surface area contributed by atoms with Gasteiger partial charge < -0.3 is 9.88 Å². The number of hydrogen-bond donors (Lipinski definition) is 1. The standard InChI is InChI=1S/C14H19N5OS/c1-3-10-12(21-9-17-10)14(20)19-7-6-18(2)11(8-19)13-15-4-5-16-13/h4-5,9,11H,3,6-8H2,1-2H3,(H,15,16). The van der Waals surface area contributed by atoms with Crippen LogP contribution in [0.1, 0.15) is 34.2 Å². The maximum Gasteiger partial charge on any atom is 0.265 e. The number of aryl methyl sites for hydroxylation is 1. The molecule has 1 unspecified atom stereocenters. The van der Waals surface area contributed by atoms with Gasteiger partial charge in [-0.15, -0.1) is 11.3 Å². The van der Waals surface area contributed by atoms with Gasteiger partial charge in [-0.25, -0.2) is 9.97 Å². The number of imidazole rings is 1. The normalized spacial score (nSPS) is 19.9. The summed E-state index contributed by atoms with van der Waals surface area (Å²) in [5, 5.41) is 0. The van der Waals surface area contributed by atoms with E-state index in [0.29, 0.717) is 6.54 Å². The fourth-order valence-electron chi connectivity index (χ4n) is 2.65. The Kier molecular flexibility index (Phi) is 4.03. The van der Waals surface area contributed by atoms with Crippen LogP contribution in [-0.2, 0) is 6.42 Å². The third kappa shape index (κ3) is 2.71. The van der Waals surface area contributed by atoms with Gasteiger partial charge >= 0.3 is 0 Å². The van der Waals surface area contributed by atoms with Crippen LogP contribution < -0.4 is 0 Å². The molecule has 0 saturated carbocycles. The number of likely N-dealkylation sites (N-methyl/N-ethyl adjacent to an activating group) is 1. The highest BCUT2D eigenvalue weighted by Gasteiger charge is 2.31. The Morgan fingerprint density at radius 1 is 1.48 bits per heavy atom. The summed E-state index contributed by atoms with van der Waals surface area (Å²) in [6.07, 6.45) is 4.37. The molecule has 0 radical (unpaired) electrons. The van der Waals surface area contributed by atoms with Crippen molar-refractivity contribution >= 4 is 17.2 Å². The zero-order chi connectivity index (χ0) is 14.8. The van der Waals surface area contributed by atoms with E-state index in [1.54, 1.807) is 11.7 Å². The van der Waals surface area contributed by atoms with Crippen molar-refractivity contribution in [2.45, 2.75) is 19.4 Å². The predicted octanol–water partition coefficient (Wildman–Crippen LogP) is 1.56. The molecule has 3 heterocycles. The van der Waals surface area contributed by atoms with Gasteiger partial charge in [0.05, 0.1) is 17.2 Å². The number of amides is 1. The molecule has 0 bridgehead atoms. The molecule has 1 fully saturated rings. The maximum absolute atomic E-state index is 12.7. The lowest BCUT2D eigenvalue weighted by Crippen LogP contribution is -2.49. The second kappa shape index (κ2) is 5.95. The van der Waals surface area contributed by atoms with E-state index in [0.717, 1.165) is 35.9 Å². The van der Waals surface area contributed by atoms with Crippen molar-refractivity contribution < 1.29 is 4.79 Å². The monoisotopic (exact) mass is 305 g/mol. The van der Waals surface area contributed by atoms with E-state index in [1.807, 2.05) is 18.0 Å². The fraction of sp³-hybridized carbons (Fsp3) is 0.500. The molecule has 1 atom stereocenters. The van der Waals surface area contributed by atoms with Gasteiger partial charge in [0, 0.05) is 32.0 Å². The second-order valence-electron chi connectivity index (χ2n) is 5.20. The van der Waals surface area contributed by atoms with Crippen molar-refractivity contribution in [3.05, 3.63) is 34.3 Å². The van der Waals surface area contributed by atoms with E-state index < -0.39 is 0 Å². The Hall–Kier alpha value is -1.73. The molecule has 112 valence electrons. The van der Waals surface area contributed by atoms with E-state index in [2.05, 4.69) is 26.9 Å². The lowest BCUT2D eigenvalue weighted by atomic mass is 10.1. The molecule has 2 aromatic heterocycles. The van der Waals surface area contributed by atoms with Crippen LogP contribution in [0.15, 0.2) is 17.9 Å². The molecular formula is C14H19N5OS. The van der Waals surface area contributed by atoms with Gasteiger partial charge in [0.2, 0.25) is 0 Å². The molecular weight excluding hydrogens is 286 g/mol. The zero-order valence-electron chi connectivity index (χ0n) is 12.2. The molecule has 3 rings (SSSR count). The molecule has 6 nitrogen and oxygen atoms in total. The largest absolute Gasteiger partial charge is 0.347 e. The van der Waals surface area contributed by atoms with Gasteiger partial charge in [-0.3, -0.25) is 9.69 Å². The summed E-state index contributed by atoms with van der Waals surface area (Å²) in [6.45, 7) is 4.27. The lowest BCUT2D eigenvalue weighted by Gasteiger charge is -2.38. The van der Waals surface area contributed by atoms with Gasteiger partial charge in [0.1, 0.15) is 10.7 Å². The van der Waals surface area contributed by atoms with Crippen molar-refractivity contribution in [2.24, 2.45) is 0 Å². The quantitative estimate of drug-likeness (QED) is 0.934. The number of carbonyl (C=O) groups excluding carboxylic acids is 1. The summed E-state index contributed by atoms with van der Waals surface area (Å²) in [7, 11) is 2.07. The predicted molar refractivity (Wildman–Crippen MR) is 81.4 cm³/mol. The first kappa shape index (κ1) is 14.2. The van der Waals surface area contributed by atoms with Gasteiger partial charge in [-0.05, 0) is 13.5 Å². The highest BCUT2D eigenvalue weighted by molar-refractivity contribution is 7.11. The lowest BCUT2D eigenvalue weighted by molar-refractivity contribution is 0.0538. The summed E-state index contributed by atoms with van der Waals surface area (Å²) >= 11 is 1.44. The van der Waals surface area contributed by atoms with Crippen molar-refractivity contribution in [1.82, 2.24) is 24.8 Å². The van der Waals surface area contributed by atoms with E-state index >= 15 is 0 Å². The minimum atomic E-state index is 0.0963. The molecule has 0 spiro atoms. The number of aromatic amines is 1. The topological polar surface area (TPSA) is 65.1 Å². The van der Waals surface area contributed by atoms with E-state index in [-0.39, 0.29) is 11.9 Å². The number of thiazole rings is 1. The van der Waals surface area contributed by atoms with E-state index in [9.17, 15) is 4.79 Å². The van der Waals surface area contributed by atoms with Gasteiger partial charge in [0.15, 0.2) is 0 Å². The van der Waals surface area contributed by atoms with Crippen LogP contribution in [0.3, 0.4) is 0 Å². The number of nitrogens with zero attached hydrogens (tertiary/aromatic N) is 4. The highest BCUT2D eigenvalue weighted by atomic mass is 32.1. The van der Waals surface area contributed by atoms with E-state index in [1.165, 1.54) is 11.3 Å². The van der Waals surface area contributed by atoms with Crippen molar-refractivity contribution in [3.63, 3.8) is 0 Å². The first-order chi connectivity index (χ1) is 10.2. The number of H-pyrrole nitrogens is 1. The molecule has 2 aromatic rings. The highest BCUT2D eigenvalue weighted by Crippen LogP contribution is 2.24. The molecule has 1 aliphatic heterocycles. The number of piperazine rings is 1. The first-order valence-electron chi connectivity index (χ1n) is 7.11. The first-order valence-corrected chi connectivity index (χ1v) is 7.99. The van der Waals surface area contributed by atoms with Crippen LogP contribution in [0.2, 0.25) is 0 Å². The molecule has 0 aliphatic carbocycles. The van der Waals surface area contributed by atoms with Crippen LogP contribution in [0.5, 0.6) is 0 Å². The van der Waals surface area contributed by atoms with Gasteiger partial charge in [-0.1, -0.05) is 6.92 Å². The van der Waals surface area contributed by atoms with Gasteiger partial charge in [0.25, 0.3) is 5.91 Å². The molecule has 1 N–H and O–H groups in total. The van der Waals surface area contributed by atoms with Crippen molar-refractivity contribution in [3.8, 4) is 0 Å². The third-order valence-corrected chi connectivity index (χ3v) is 4.80. The van der Waals surface area contributed by atoms with Crippen molar-refractivity contribution in [1.29, 1.82) is 0 Å². The van der Waals surface area contributed by atoms with Crippen LogP contribution in [0.4, 0.5) is 0 Å². The Bertz CT molecular complexity index is 609. The number of aromatic nitrogens is 3. The Morgan fingerprint density at radius 2 is 2.33 bits per heavy atom. The third-order valence-electron chi connectivity index (χ3n) is 3.94. The minimum Gasteiger partial charge on any atom is -0.347 e. The summed E-state index contributed by atoms with van der Waals surface area (Å²) in [5.74, 6) is 1.01. The maximum atomic E-state index is 12.7. The van der Waals surface area contributed by atoms with Gasteiger partial charge in [-0.2, -0.15) is 0 Å². The Labute approximate surface area is 127 Å². The SMILES string of the molecule is CCc1ncsc1C(=O)N1CCN(C)C(c2ncc[nH]2)C1. The Balaban J connectivity index is 1.79. The smallest absolute Gasteiger partial charge is 0.265 e. The van der Waals surface area contributed by atoms with Crippen molar-refractivity contribution in [2.75, 3.05) is 26.7 Å². The Morgan fingerprint density at radius 3 is 3.05 bits per heavy atom. The number of rotatable bonds is 3. The van der Waals surface area contributed by atoms with Crippen LogP contribution in [0, 0.1) is 0 Å². The number of nitrogens with one attached hydrogen (secondary N) is 1. The fourth-order valence-corrected chi connectivity index (χ4v) is 3.50. The molecule has 1 amide bonds. The molecule has 1 aliphatic rings. The summed E-state index contributed by atoms with van der Waals surface area (Å²) in [6, 6.07) is 0.121. The average Bonchev–Trinajstić information content (AvgIpc) is 3.18. The van der Waals surface area contributed by atoms with E-state index in [4.69, 9.17) is 0 Å². The zero-order valence-corrected chi connectivity index (χ0v) is 13.1. The van der Waals surface area contributed by atoms with Crippen LogP contribution in [-0.4, -0.2) is 57.3 Å². The molecule has 1 saturated heterocycles. The number of carbonyl (C=O) groups is 1. The van der Waals surface area contributed by atoms with Crippen LogP contribution >= 0.6 is 11.3 Å². The summed E-state index contributed by atoms with van der Waals surface area (Å²) in [5.41, 5.74) is 2.66. The minimum absolute atomic E-state index is 0.0963. The van der Waals surface area contributed by atoms with Crippen LogP contribution in [0.25, 0.3) is 0 Å². The second-order valence-corrected chi connectivity index (χ2v) is 6.06. The average molecular weight is 305 g/mol. The summed E-state index contributed by atoms with van der Waals surface area (Å²) < 4.78 is 0. The number of hydrogen-bond acceptors (Lipinski definition) is 5. The molecule has 0 aromatic carbocycles.